The van der Waals surface area contributed by atoms with Gasteiger partial charge in [0.1, 0.15) is 12.1 Å². The standard InChI is InChI=1S/C12H17IN4O/c13-11-7-14-9-15-12(11)17-2-1-10(8-17)16-3-5-18-6-4-16/h7,9-10H,1-6,8H2. The fraction of sp³-hybridized carbons (Fsp3) is 0.667. The number of halogens is 1. The number of hydrogen-bond donors (Lipinski definition) is 0. The summed E-state index contributed by atoms with van der Waals surface area (Å²) in [6.45, 7) is 6.06. The van der Waals surface area contributed by atoms with Crippen molar-refractivity contribution in [2.24, 2.45) is 0 Å². The molecule has 1 atom stereocenters. The maximum Gasteiger partial charge on any atom is 0.145 e. The SMILES string of the molecule is Ic1cncnc1N1CCC(N2CCOCC2)C1. The third-order valence-electron chi connectivity index (χ3n) is 3.67. The second kappa shape index (κ2) is 5.66. The second-order valence-electron chi connectivity index (χ2n) is 4.73. The molecule has 0 radical (unpaired) electrons. The van der Waals surface area contributed by atoms with Gasteiger partial charge in [0.2, 0.25) is 0 Å². The summed E-state index contributed by atoms with van der Waals surface area (Å²) in [5.41, 5.74) is 0. The number of hydrogen-bond acceptors (Lipinski definition) is 5. The summed E-state index contributed by atoms with van der Waals surface area (Å²) < 4.78 is 6.55. The quantitative estimate of drug-likeness (QED) is 0.736. The fourth-order valence-electron chi connectivity index (χ4n) is 2.71. The maximum absolute atomic E-state index is 5.41. The lowest BCUT2D eigenvalue weighted by molar-refractivity contribution is 0.0209. The number of morpholine rings is 1. The van der Waals surface area contributed by atoms with E-state index < -0.39 is 0 Å². The van der Waals surface area contributed by atoms with Gasteiger partial charge < -0.3 is 9.64 Å². The van der Waals surface area contributed by atoms with Gasteiger partial charge in [-0.05, 0) is 29.0 Å². The Labute approximate surface area is 121 Å². The highest BCUT2D eigenvalue weighted by molar-refractivity contribution is 14.1. The van der Waals surface area contributed by atoms with Gasteiger partial charge in [0.25, 0.3) is 0 Å². The van der Waals surface area contributed by atoms with E-state index in [0.717, 1.165) is 48.8 Å². The summed E-state index contributed by atoms with van der Waals surface area (Å²) in [4.78, 5) is 13.4. The summed E-state index contributed by atoms with van der Waals surface area (Å²) in [5, 5.41) is 0. The first kappa shape index (κ1) is 12.6. The van der Waals surface area contributed by atoms with E-state index in [-0.39, 0.29) is 0 Å². The third-order valence-corrected chi connectivity index (χ3v) is 4.43. The molecule has 0 aliphatic carbocycles. The Bertz CT molecular complexity index is 411. The molecular formula is C12H17IN4O. The smallest absolute Gasteiger partial charge is 0.145 e. The van der Waals surface area contributed by atoms with Crippen LogP contribution in [0.4, 0.5) is 5.82 Å². The van der Waals surface area contributed by atoms with Crippen LogP contribution in [0, 0.1) is 3.57 Å². The van der Waals surface area contributed by atoms with Crippen LogP contribution in [0.15, 0.2) is 12.5 Å². The molecule has 18 heavy (non-hydrogen) atoms. The second-order valence-corrected chi connectivity index (χ2v) is 5.89. The maximum atomic E-state index is 5.41. The van der Waals surface area contributed by atoms with Gasteiger partial charge in [-0.1, -0.05) is 0 Å². The topological polar surface area (TPSA) is 41.5 Å². The van der Waals surface area contributed by atoms with Crippen molar-refractivity contribution in [3.63, 3.8) is 0 Å². The molecular weight excluding hydrogens is 343 g/mol. The average Bonchev–Trinajstić information content (AvgIpc) is 2.90. The van der Waals surface area contributed by atoms with Gasteiger partial charge in [-0.3, -0.25) is 4.90 Å². The van der Waals surface area contributed by atoms with Gasteiger partial charge in [-0.2, -0.15) is 0 Å². The molecule has 0 bridgehead atoms. The molecule has 1 aromatic heterocycles. The van der Waals surface area contributed by atoms with Crippen LogP contribution in [0.25, 0.3) is 0 Å². The van der Waals surface area contributed by atoms with Gasteiger partial charge in [-0.25, -0.2) is 9.97 Å². The summed E-state index contributed by atoms with van der Waals surface area (Å²) in [5.74, 6) is 1.08. The lowest BCUT2D eigenvalue weighted by atomic mass is 10.2. The van der Waals surface area contributed by atoms with Crippen LogP contribution in [0.5, 0.6) is 0 Å². The summed E-state index contributed by atoms with van der Waals surface area (Å²) in [6.07, 6.45) is 4.74. The Morgan fingerprint density at radius 1 is 1.28 bits per heavy atom. The summed E-state index contributed by atoms with van der Waals surface area (Å²) in [6, 6.07) is 0.652. The van der Waals surface area contributed by atoms with Crippen LogP contribution in [0.3, 0.4) is 0 Å². The average molecular weight is 360 g/mol. The van der Waals surface area contributed by atoms with E-state index in [0.29, 0.717) is 6.04 Å². The molecule has 3 heterocycles. The Balaban J connectivity index is 1.66. The molecule has 6 heteroatoms. The van der Waals surface area contributed by atoms with Crippen molar-refractivity contribution in [3.05, 3.63) is 16.1 Å². The van der Waals surface area contributed by atoms with E-state index in [9.17, 15) is 0 Å². The number of anilines is 1. The molecule has 0 aromatic carbocycles. The van der Waals surface area contributed by atoms with Gasteiger partial charge in [0.15, 0.2) is 0 Å². The first-order valence-electron chi connectivity index (χ1n) is 6.37. The van der Waals surface area contributed by atoms with Gasteiger partial charge in [0, 0.05) is 38.4 Å². The molecule has 0 spiro atoms. The van der Waals surface area contributed by atoms with Crippen molar-refractivity contribution >= 4 is 28.4 Å². The van der Waals surface area contributed by atoms with E-state index in [1.807, 2.05) is 6.20 Å². The fourth-order valence-corrected chi connectivity index (χ4v) is 3.35. The van der Waals surface area contributed by atoms with Gasteiger partial charge in [-0.15, -0.1) is 0 Å². The van der Waals surface area contributed by atoms with Crippen molar-refractivity contribution in [2.75, 3.05) is 44.3 Å². The highest BCUT2D eigenvalue weighted by Gasteiger charge is 2.29. The zero-order valence-corrected chi connectivity index (χ0v) is 12.4. The van der Waals surface area contributed by atoms with Crippen LogP contribution in [0.2, 0.25) is 0 Å². The Morgan fingerprint density at radius 2 is 2.11 bits per heavy atom. The molecule has 2 saturated heterocycles. The van der Waals surface area contributed by atoms with Crippen molar-refractivity contribution in [3.8, 4) is 0 Å². The summed E-state index contributed by atoms with van der Waals surface area (Å²) >= 11 is 2.31. The zero-order chi connectivity index (χ0) is 12.4. The minimum absolute atomic E-state index is 0.652. The minimum Gasteiger partial charge on any atom is -0.379 e. The van der Waals surface area contributed by atoms with Crippen molar-refractivity contribution in [1.29, 1.82) is 0 Å². The van der Waals surface area contributed by atoms with Crippen molar-refractivity contribution in [2.45, 2.75) is 12.5 Å². The molecule has 5 nitrogen and oxygen atoms in total. The van der Waals surface area contributed by atoms with Crippen LogP contribution < -0.4 is 4.90 Å². The molecule has 2 fully saturated rings. The largest absolute Gasteiger partial charge is 0.379 e. The lowest BCUT2D eigenvalue weighted by Crippen LogP contribution is -2.44. The monoisotopic (exact) mass is 360 g/mol. The first-order chi connectivity index (χ1) is 8.84. The van der Waals surface area contributed by atoms with Gasteiger partial charge >= 0.3 is 0 Å². The van der Waals surface area contributed by atoms with Crippen molar-refractivity contribution in [1.82, 2.24) is 14.9 Å². The number of aromatic nitrogens is 2. The minimum atomic E-state index is 0.652. The van der Waals surface area contributed by atoms with Crippen LogP contribution >= 0.6 is 22.6 Å². The van der Waals surface area contributed by atoms with E-state index in [1.54, 1.807) is 6.33 Å². The molecule has 98 valence electrons. The molecule has 2 aliphatic rings. The highest BCUT2D eigenvalue weighted by atomic mass is 127. The molecule has 0 amide bonds. The van der Waals surface area contributed by atoms with E-state index in [1.165, 1.54) is 6.42 Å². The van der Waals surface area contributed by atoms with Crippen LogP contribution in [-0.4, -0.2) is 60.3 Å². The third kappa shape index (κ3) is 2.60. The predicted octanol–water partition coefficient (Wildman–Crippen LogP) is 0.992. The summed E-state index contributed by atoms with van der Waals surface area (Å²) in [7, 11) is 0. The highest BCUT2D eigenvalue weighted by Crippen LogP contribution is 2.25. The predicted molar refractivity (Wildman–Crippen MR) is 77.8 cm³/mol. The Kier molecular flexibility index (Phi) is 3.95. The first-order valence-corrected chi connectivity index (χ1v) is 7.45. The number of rotatable bonds is 2. The Hall–Kier alpha value is -0.470. The molecule has 1 unspecified atom stereocenters. The van der Waals surface area contributed by atoms with Gasteiger partial charge in [0.05, 0.1) is 16.8 Å². The molecule has 0 saturated carbocycles. The van der Waals surface area contributed by atoms with Crippen LogP contribution in [0.1, 0.15) is 6.42 Å². The van der Waals surface area contributed by atoms with Crippen LogP contribution in [-0.2, 0) is 4.74 Å². The van der Waals surface area contributed by atoms with E-state index in [4.69, 9.17) is 4.74 Å². The molecule has 2 aliphatic heterocycles. The van der Waals surface area contributed by atoms with E-state index >= 15 is 0 Å². The van der Waals surface area contributed by atoms with Crippen molar-refractivity contribution < 1.29 is 4.74 Å². The number of nitrogens with zero attached hydrogens (tertiary/aromatic N) is 4. The number of ether oxygens (including phenoxy) is 1. The molecule has 1 aromatic rings. The van der Waals surface area contributed by atoms with E-state index in [2.05, 4.69) is 42.4 Å². The molecule has 3 rings (SSSR count). The zero-order valence-electron chi connectivity index (χ0n) is 10.3. The lowest BCUT2D eigenvalue weighted by Gasteiger charge is -2.32. The Morgan fingerprint density at radius 3 is 2.89 bits per heavy atom. The normalized spacial score (nSPS) is 25.6. The molecule has 0 N–H and O–H groups in total.